The van der Waals surface area contributed by atoms with Crippen molar-refractivity contribution in [3.63, 3.8) is 0 Å². The molecule has 0 spiro atoms. The number of amides is 1. The standard InChI is InChI=1S/C21H36N2O3Si/c1-8-27(9-2,10-3)26-16(6)21(7)19-14(4)17(12-11-13-22)18(15(5)24)23(19)20(21)25/h11-12,14,16,19H,8-10,13,22H2,1-7H3/b12-11+/t14-,16?,19+,21+/m0/s1. The third kappa shape index (κ3) is 3.26. The smallest absolute Gasteiger partial charge is 0.238 e. The first kappa shape index (κ1) is 22.1. The Bertz CT molecular complexity index is 660. The highest BCUT2D eigenvalue weighted by Gasteiger charge is 2.67. The monoisotopic (exact) mass is 392 g/mol. The molecule has 1 amide bonds. The Morgan fingerprint density at radius 1 is 1.33 bits per heavy atom. The van der Waals surface area contributed by atoms with Crippen LogP contribution in [0.15, 0.2) is 23.4 Å². The van der Waals surface area contributed by atoms with Crippen LogP contribution in [0.4, 0.5) is 0 Å². The van der Waals surface area contributed by atoms with E-state index in [-0.39, 0.29) is 29.8 Å². The van der Waals surface area contributed by atoms with Gasteiger partial charge in [0.25, 0.3) is 0 Å². The fourth-order valence-electron chi connectivity index (χ4n) is 4.93. The largest absolute Gasteiger partial charge is 0.413 e. The quantitative estimate of drug-likeness (QED) is 0.480. The summed E-state index contributed by atoms with van der Waals surface area (Å²) in [5.41, 5.74) is 6.47. The summed E-state index contributed by atoms with van der Waals surface area (Å²) in [7, 11) is -1.83. The van der Waals surface area contributed by atoms with E-state index in [4.69, 9.17) is 10.2 Å². The second kappa shape index (κ2) is 8.01. The Kier molecular flexibility index (Phi) is 6.54. The number of ketones is 1. The summed E-state index contributed by atoms with van der Waals surface area (Å²) < 4.78 is 6.68. The molecule has 2 aliphatic rings. The van der Waals surface area contributed by atoms with Crippen LogP contribution in [0.2, 0.25) is 18.1 Å². The zero-order valence-electron chi connectivity index (χ0n) is 18.0. The van der Waals surface area contributed by atoms with Crippen molar-refractivity contribution < 1.29 is 14.0 Å². The second-order valence-corrected chi connectivity index (χ2v) is 12.9. The SMILES string of the molecule is CC[Si](CC)(CC)OC(C)[C@@]1(C)C(=O)N2C(C(C)=O)=C(/C=C/CN)[C@H](C)[C@@H]21. The fourth-order valence-corrected chi connectivity index (χ4v) is 7.93. The molecule has 5 nitrogen and oxygen atoms in total. The van der Waals surface area contributed by atoms with Crippen LogP contribution in [0, 0.1) is 11.3 Å². The summed E-state index contributed by atoms with van der Waals surface area (Å²) in [6.07, 6.45) is 3.61. The average molecular weight is 393 g/mol. The lowest BCUT2D eigenvalue weighted by atomic mass is 9.65. The minimum atomic E-state index is -1.83. The van der Waals surface area contributed by atoms with Crippen molar-refractivity contribution >= 4 is 20.0 Å². The van der Waals surface area contributed by atoms with E-state index in [1.807, 2.05) is 26.0 Å². The molecule has 27 heavy (non-hydrogen) atoms. The molecule has 0 saturated carbocycles. The summed E-state index contributed by atoms with van der Waals surface area (Å²) in [6.45, 7) is 14.7. The molecule has 1 fully saturated rings. The predicted octanol–water partition coefficient (Wildman–Crippen LogP) is 3.62. The van der Waals surface area contributed by atoms with Gasteiger partial charge in [0, 0.05) is 19.4 Å². The van der Waals surface area contributed by atoms with Crippen molar-refractivity contribution in [2.45, 2.75) is 78.7 Å². The van der Waals surface area contributed by atoms with Gasteiger partial charge in [0.1, 0.15) is 0 Å². The van der Waals surface area contributed by atoms with Crippen molar-refractivity contribution in [1.82, 2.24) is 4.90 Å². The minimum absolute atomic E-state index is 0.0133. The number of hydrogen-bond donors (Lipinski definition) is 1. The van der Waals surface area contributed by atoms with Gasteiger partial charge in [-0.3, -0.25) is 9.59 Å². The highest BCUT2D eigenvalue weighted by molar-refractivity contribution is 6.73. The molecule has 0 radical (unpaired) electrons. The Morgan fingerprint density at radius 2 is 1.89 bits per heavy atom. The van der Waals surface area contributed by atoms with Crippen LogP contribution < -0.4 is 5.73 Å². The molecule has 2 aliphatic heterocycles. The summed E-state index contributed by atoms with van der Waals surface area (Å²) in [4.78, 5) is 27.3. The Hall–Kier alpha value is -1.24. The van der Waals surface area contributed by atoms with Crippen LogP contribution in [-0.4, -0.2) is 43.6 Å². The molecule has 152 valence electrons. The van der Waals surface area contributed by atoms with Crippen molar-refractivity contribution in [2.24, 2.45) is 17.1 Å². The molecule has 0 aliphatic carbocycles. The van der Waals surface area contributed by atoms with Gasteiger partial charge in [0.2, 0.25) is 5.91 Å². The molecule has 2 rings (SSSR count). The molecule has 0 aromatic rings. The highest BCUT2D eigenvalue weighted by Crippen LogP contribution is 2.55. The van der Waals surface area contributed by atoms with Gasteiger partial charge in [-0.05, 0) is 37.6 Å². The summed E-state index contributed by atoms with van der Waals surface area (Å²) in [5, 5.41) is 0. The van der Waals surface area contributed by atoms with E-state index in [9.17, 15) is 9.59 Å². The summed E-state index contributed by atoms with van der Waals surface area (Å²) >= 11 is 0. The molecule has 2 heterocycles. The van der Waals surface area contributed by atoms with Gasteiger partial charge in [-0.2, -0.15) is 0 Å². The van der Waals surface area contributed by atoms with Crippen LogP contribution in [0.5, 0.6) is 0 Å². The first-order valence-electron chi connectivity index (χ1n) is 10.3. The number of β-lactam (4-membered cyclic amide) rings is 1. The van der Waals surface area contributed by atoms with Gasteiger partial charge in [0.05, 0.1) is 23.3 Å². The van der Waals surface area contributed by atoms with Gasteiger partial charge in [-0.1, -0.05) is 39.8 Å². The molecule has 1 saturated heterocycles. The highest BCUT2D eigenvalue weighted by atomic mass is 28.4. The number of nitrogens with zero attached hydrogens (tertiary/aromatic N) is 1. The number of fused-ring (bicyclic) bond motifs is 1. The lowest BCUT2D eigenvalue weighted by molar-refractivity contribution is -0.178. The van der Waals surface area contributed by atoms with E-state index in [1.165, 1.54) is 6.92 Å². The van der Waals surface area contributed by atoms with E-state index >= 15 is 0 Å². The molecule has 0 bridgehead atoms. The lowest BCUT2D eigenvalue weighted by Crippen LogP contribution is -2.72. The third-order valence-electron chi connectivity index (χ3n) is 7.02. The maximum Gasteiger partial charge on any atom is 0.238 e. The van der Waals surface area contributed by atoms with Crippen molar-refractivity contribution in [1.29, 1.82) is 0 Å². The Labute approximate surface area is 165 Å². The first-order valence-corrected chi connectivity index (χ1v) is 12.8. The number of carbonyl (C=O) groups is 2. The molecular weight excluding hydrogens is 356 g/mol. The molecule has 2 N–H and O–H groups in total. The van der Waals surface area contributed by atoms with E-state index in [0.717, 1.165) is 23.7 Å². The van der Waals surface area contributed by atoms with Crippen molar-refractivity contribution in [3.05, 3.63) is 23.4 Å². The Morgan fingerprint density at radius 3 is 2.33 bits per heavy atom. The van der Waals surface area contributed by atoms with Crippen LogP contribution in [0.3, 0.4) is 0 Å². The van der Waals surface area contributed by atoms with E-state index in [1.54, 1.807) is 4.90 Å². The Balaban J connectivity index is 2.37. The second-order valence-electron chi connectivity index (χ2n) is 8.19. The van der Waals surface area contributed by atoms with Crippen molar-refractivity contribution in [3.8, 4) is 0 Å². The first-order chi connectivity index (χ1) is 12.6. The summed E-state index contributed by atoms with van der Waals surface area (Å²) in [5.74, 6) is 0.0326. The molecule has 4 atom stereocenters. The summed E-state index contributed by atoms with van der Waals surface area (Å²) in [6, 6.07) is 3.13. The van der Waals surface area contributed by atoms with Gasteiger partial charge in [0.15, 0.2) is 14.1 Å². The number of rotatable bonds is 9. The maximum absolute atomic E-state index is 13.3. The van der Waals surface area contributed by atoms with Crippen LogP contribution >= 0.6 is 0 Å². The number of allylic oxidation sites excluding steroid dienone is 2. The predicted molar refractivity (Wildman–Crippen MR) is 112 cm³/mol. The van der Waals surface area contributed by atoms with Gasteiger partial charge in [-0.15, -0.1) is 0 Å². The molecule has 0 aromatic heterocycles. The third-order valence-corrected chi connectivity index (χ3v) is 11.7. The zero-order chi connectivity index (χ0) is 20.6. The number of nitrogens with two attached hydrogens (primary N) is 1. The minimum Gasteiger partial charge on any atom is -0.413 e. The van der Waals surface area contributed by atoms with E-state index in [0.29, 0.717) is 12.2 Å². The molecule has 0 aromatic carbocycles. The number of carbonyl (C=O) groups excluding carboxylic acids is 2. The molecule has 1 unspecified atom stereocenters. The van der Waals surface area contributed by atoms with E-state index < -0.39 is 13.7 Å². The van der Waals surface area contributed by atoms with Gasteiger partial charge < -0.3 is 15.1 Å². The van der Waals surface area contributed by atoms with Gasteiger partial charge >= 0.3 is 0 Å². The van der Waals surface area contributed by atoms with Crippen molar-refractivity contribution in [2.75, 3.05) is 6.54 Å². The topological polar surface area (TPSA) is 72.6 Å². The average Bonchev–Trinajstić information content (AvgIpc) is 2.93. The maximum atomic E-state index is 13.3. The normalized spacial score (nSPS) is 29.3. The van der Waals surface area contributed by atoms with Crippen LogP contribution in [-0.2, 0) is 14.0 Å². The van der Waals surface area contributed by atoms with Gasteiger partial charge in [-0.25, -0.2) is 0 Å². The van der Waals surface area contributed by atoms with Crippen LogP contribution in [0.1, 0.15) is 48.5 Å². The molecular formula is C21H36N2O3Si. The molecule has 6 heteroatoms. The number of hydrogen-bond acceptors (Lipinski definition) is 4. The van der Waals surface area contributed by atoms with E-state index in [2.05, 4.69) is 27.7 Å². The number of Topliss-reactive ketones (excluding diaryl/α,β-unsaturated/α-hetero) is 1. The zero-order valence-corrected chi connectivity index (χ0v) is 19.0. The fraction of sp³-hybridized carbons (Fsp3) is 0.714. The van der Waals surface area contributed by atoms with Crippen LogP contribution in [0.25, 0.3) is 0 Å². The lowest BCUT2D eigenvalue weighted by Gasteiger charge is -2.57.